The van der Waals surface area contributed by atoms with E-state index in [4.69, 9.17) is 21.7 Å². The van der Waals surface area contributed by atoms with Gasteiger partial charge >= 0.3 is 0 Å². The Morgan fingerprint density at radius 2 is 2.09 bits per heavy atom. The zero-order chi connectivity index (χ0) is 16.4. The second kappa shape index (κ2) is 6.69. The minimum Gasteiger partial charge on any atom is -0.379 e. The van der Waals surface area contributed by atoms with Gasteiger partial charge in [-0.15, -0.1) is 0 Å². The molecule has 124 valence electrons. The van der Waals surface area contributed by atoms with Crippen LogP contribution in [0.15, 0.2) is 41.6 Å². The third-order valence-corrected chi connectivity index (χ3v) is 4.93. The molecule has 1 unspecified atom stereocenters. The smallest absolute Gasteiger partial charge is 0.192 e. The van der Waals surface area contributed by atoms with Gasteiger partial charge in [-0.1, -0.05) is 42.5 Å². The first kappa shape index (κ1) is 16.6. The van der Waals surface area contributed by atoms with Gasteiger partial charge in [0.15, 0.2) is 6.17 Å². The van der Waals surface area contributed by atoms with Crippen LogP contribution in [0.5, 0.6) is 0 Å². The molecular formula is C18H25N2O2S+. The molecule has 1 aromatic rings. The molecule has 1 aromatic carbocycles. The van der Waals surface area contributed by atoms with Crippen LogP contribution in [0.3, 0.4) is 0 Å². The van der Waals surface area contributed by atoms with Crippen molar-refractivity contribution in [2.24, 2.45) is 0 Å². The summed E-state index contributed by atoms with van der Waals surface area (Å²) in [5.74, 6) is 0. The van der Waals surface area contributed by atoms with Gasteiger partial charge in [0.25, 0.3) is 0 Å². The van der Waals surface area contributed by atoms with Crippen molar-refractivity contribution in [3.63, 3.8) is 0 Å². The average molecular weight is 333 g/mol. The van der Waals surface area contributed by atoms with Crippen LogP contribution < -0.4 is 10.2 Å². The summed E-state index contributed by atoms with van der Waals surface area (Å²) in [7, 11) is 1.75. The molecule has 0 aliphatic carbocycles. The first-order valence-electron chi connectivity index (χ1n) is 8.08. The fourth-order valence-electron chi connectivity index (χ4n) is 3.36. The van der Waals surface area contributed by atoms with Gasteiger partial charge in [0.1, 0.15) is 17.2 Å². The van der Waals surface area contributed by atoms with Crippen molar-refractivity contribution in [3.05, 3.63) is 47.2 Å². The number of rotatable bonds is 4. The van der Waals surface area contributed by atoms with Crippen molar-refractivity contribution < 1.29 is 14.4 Å². The predicted octanol–water partition coefficient (Wildman–Crippen LogP) is 1.60. The third-order valence-electron chi connectivity index (χ3n) is 4.57. The Hall–Kier alpha value is -1.27. The maximum atomic E-state index is 5.97. The van der Waals surface area contributed by atoms with E-state index in [1.54, 1.807) is 7.11 Å². The molecular weight excluding hydrogens is 308 g/mol. The minimum atomic E-state index is -0.147. The minimum absolute atomic E-state index is 0.131. The van der Waals surface area contributed by atoms with Crippen molar-refractivity contribution >= 4 is 17.2 Å². The monoisotopic (exact) mass is 333 g/mol. The molecule has 0 aromatic heterocycles. The van der Waals surface area contributed by atoms with Crippen LogP contribution in [0.1, 0.15) is 32.0 Å². The highest BCUT2D eigenvalue weighted by atomic mass is 32.1. The summed E-state index contributed by atoms with van der Waals surface area (Å²) in [6.07, 6.45) is 1.03. The number of hydrogen-bond acceptors (Lipinski definition) is 3. The lowest BCUT2D eigenvalue weighted by atomic mass is 9.92. The summed E-state index contributed by atoms with van der Waals surface area (Å²) in [6.45, 7) is 6.50. The van der Waals surface area contributed by atoms with Crippen LogP contribution in [0.2, 0.25) is 0 Å². The predicted molar refractivity (Wildman–Crippen MR) is 94.3 cm³/mol. The Bertz CT molecular complexity index is 613. The van der Waals surface area contributed by atoms with E-state index in [1.165, 1.54) is 16.2 Å². The van der Waals surface area contributed by atoms with Crippen molar-refractivity contribution in [2.75, 3.05) is 26.9 Å². The van der Waals surface area contributed by atoms with Gasteiger partial charge in [-0.25, -0.2) is 0 Å². The van der Waals surface area contributed by atoms with Gasteiger partial charge in [-0.3, -0.25) is 4.90 Å². The molecule has 0 saturated carbocycles. The van der Waals surface area contributed by atoms with E-state index in [9.17, 15) is 0 Å². The molecule has 0 fully saturated rings. The normalized spacial score (nSPS) is 26.7. The average Bonchev–Trinajstić information content (AvgIpc) is 2.53. The van der Waals surface area contributed by atoms with Crippen molar-refractivity contribution in [2.45, 2.75) is 32.0 Å². The maximum Gasteiger partial charge on any atom is 0.192 e. The fourth-order valence-corrected chi connectivity index (χ4v) is 3.66. The van der Waals surface area contributed by atoms with Gasteiger partial charge in [-0.2, -0.15) is 0 Å². The number of nitrogens with one attached hydrogen (secondary N) is 2. The lowest BCUT2D eigenvalue weighted by molar-refractivity contribution is -0.901. The Labute approximate surface area is 143 Å². The third kappa shape index (κ3) is 3.48. The summed E-state index contributed by atoms with van der Waals surface area (Å²) in [6, 6.07) is 10.5. The molecule has 23 heavy (non-hydrogen) atoms. The van der Waals surface area contributed by atoms with Crippen LogP contribution in [-0.2, 0) is 9.47 Å². The molecule has 5 heteroatoms. The zero-order valence-corrected chi connectivity index (χ0v) is 14.8. The van der Waals surface area contributed by atoms with Gasteiger partial charge in [0, 0.05) is 12.7 Å². The molecule has 2 N–H and O–H groups in total. The van der Waals surface area contributed by atoms with Crippen LogP contribution in [0.25, 0.3) is 0 Å². The van der Waals surface area contributed by atoms with E-state index >= 15 is 0 Å². The van der Waals surface area contributed by atoms with E-state index in [2.05, 4.69) is 43.4 Å². The molecule has 2 aliphatic heterocycles. The highest BCUT2D eigenvalue weighted by Crippen LogP contribution is 2.29. The largest absolute Gasteiger partial charge is 0.379 e. The van der Waals surface area contributed by atoms with E-state index in [1.807, 2.05) is 6.07 Å². The van der Waals surface area contributed by atoms with Gasteiger partial charge in [-0.05, 0) is 13.8 Å². The SMILES string of the molecule is COCC[NH+]1C2=C(COC(C)(C)C2)C(=S)N[C@H]1c1ccccc1. The number of benzene rings is 1. The van der Waals surface area contributed by atoms with Crippen molar-refractivity contribution in [1.29, 1.82) is 0 Å². The number of quaternary nitrogens is 1. The Balaban J connectivity index is 1.99. The van der Waals surface area contributed by atoms with Gasteiger partial charge in [0.05, 0.1) is 30.8 Å². The highest BCUT2D eigenvalue weighted by molar-refractivity contribution is 7.80. The summed E-state index contributed by atoms with van der Waals surface area (Å²) in [5.41, 5.74) is 3.62. The summed E-state index contributed by atoms with van der Waals surface area (Å²) < 4.78 is 11.3. The Morgan fingerprint density at radius 1 is 1.35 bits per heavy atom. The number of ether oxygens (including phenoxy) is 2. The topological polar surface area (TPSA) is 34.9 Å². The Morgan fingerprint density at radius 3 is 2.78 bits per heavy atom. The second-order valence-electron chi connectivity index (χ2n) is 6.77. The van der Waals surface area contributed by atoms with E-state index < -0.39 is 0 Å². The van der Waals surface area contributed by atoms with E-state index in [0.29, 0.717) is 13.2 Å². The standard InChI is InChI=1S/C18H24N2O2S/c1-18(2)11-15-14(12-22-18)17(23)19-16(20(15)9-10-21-3)13-7-5-4-6-8-13/h4-8,16H,9-12H2,1-3H3,(H,19,23)/p+1/t16-/m1/s1. The maximum absolute atomic E-state index is 5.97. The Kier molecular flexibility index (Phi) is 4.82. The van der Waals surface area contributed by atoms with Crippen LogP contribution in [0.4, 0.5) is 0 Å². The molecule has 0 bridgehead atoms. The van der Waals surface area contributed by atoms with Gasteiger partial charge < -0.3 is 14.8 Å². The molecule has 0 spiro atoms. The summed E-state index contributed by atoms with van der Waals surface area (Å²) >= 11 is 5.63. The summed E-state index contributed by atoms with van der Waals surface area (Å²) in [5, 5.41) is 3.52. The lowest BCUT2D eigenvalue weighted by Crippen LogP contribution is -3.14. The second-order valence-corrected chi connectivity index (χ2v) is 7.18. The lowest BCUT2D eigenvalue weighted by Gasteiger charge is -2.42. The molecule has 3 rings (SSSR count). The van der Waals surface area contributed by atoms with Crippen LogP contribution in [0, 0.1) is 0 Å². The molecule has 4 nitrogen and oxygen atoms in total. The zero-order valence-electron chi connectivity index (χ0n) is 14.0. The number of thiocarbonyl (C=S) groups is 1. The fraction of sp³-hybridized carbons (Fsp3) is 0.500. The first-order chi connectivity index (χ1) is 11.0. The van der Waals surface area contributed by atoms with E-state index in [0.717, 1.165) is 23.5 Å². The quantitative estimate of drug-likeness (QED) is 0.821. The molecule has 2 atom stereocenters. The number of methoxy groups -OCH3 is 1. The van der Waals surface area contributed by atoms with Crippen molar-refractivity contribution in [3.8, 4) is 0 Å². The molecule has 0 saturated heterocycles. The summed E-state index contributed by atoms with van der Waals surface area (Å²) in [4.78, 5) is 2.21. The number of hydrogen-bond donors (Lipinski definition) is 2. The van der Waals surface area contributed by atoms with Gasteiger partial charge in [0.2, 0.25) is 0 Å². The first-order valence-corrected chi connectivity index (χ1v) is 8.49. The molecule has 0 amide bonds. The van der Waals surface area contributed by atoms with Crippen LogP contribution in [-0.4, -0.2) is 37.5 Å². The molecule has 2 heterocycles. The molecule has 2 aliphatic rings. The van der Waals surface area contributed by atoms with Crippen molar-refractivity contribution in [1.82, 2.24) is 5.32 Å². The molecule has 0 radical (unpaired) electrons. The van der Waals surface area contributed by atoms with Crippen LogP contribution >= 0.6 is 12.2 Å². The highest BCUT2D eigenvalue weighted by Gasteiger charge is 2.42. The van der Waals surface area contributed by atoms with E-state index in [-0.39, 0.29) is 11.8 Å².